The Morgan fingerprint density at radius 3 is 2.20 bits per heavy atom. The van der Waals surface area contributed by atoms with Gasteiger partial charge < -0.3 is 11.5 Å². The monoisotopic (exact) mass is 552 g/mol. The van der Waals surface area contributed by atoms with Crippen LogP contribution in [0.2, 0.25) is 0 Å². The highest BCUT2D eigenvalue weighted by molar-refractivity contribution is 8.26. The lowest BCUT2D eigenvalue weighted by atomic mass is 10.0. The highest BCUT2D eigenvalue weighted by Gasteiger charge is 2.37. The molecular formula is C21H18F6N4OS3. The minimum Gasteiger partial charge on any atom is -0.370 e. The summed E-state index contributed by atoms with van der Waals surface area (Å²) in [5.41, 5.74) is 7.68. The van der Waals surface area contributed by atoms with Crippen LogP contribution in [0.1, 0.15) is 28.8 Å². The van der Waals surface area contributed by atoms with Crippen molar-refractivity contribution in [1.82, 2.24) is 4.90 Å². The lowest BCUT2D eigenvalue weighted by molar-refractivity contribution is -0.143. The standard InChI is InChI=1S/C21H18F6N4OS3/c22-20(23,24)13-5-11(6-14(8-13)21(25,26)27)12-7-15(34-10-12)9-16-17(32)31(19(33)35-16)4-2-1-3-30-18(28)29/h5-10H,1-4H2,(H4,28,29,30). The number of hydrogen-bond acceptors (Lipinski definition) is 5. The fourth-order valence-corrected chi connectivity index (χ4v) is 5.34. The second-order valence-corrected chi connectivity index (χ2v) is 10.00. The zero-order valence-electron chi connectivity index (χ0n) is 17.7. The average molecular weight is 553 g/mol. The predicted molar refractivity (Wildman–Crippen MR) is 130 cm³/mol. The van der Waals surface area contributed by atoms with Crippen LogP contribution in [-0.4, -0.2) is 34.2 Å². The van der Waals surface area contributed by atoms with Crippen LogP contribution >= 0.6 is 35.3 Å². The van der Waals surface area contributed by atoms with Gasteiger partial charge in [-0.1, -0.05) is 24.0 Å². The molecule has 0 radical (unpaired) electrons. The minimum atomic E-state index is -4.94. The van der Waals surface area contributed by atoms with Gasteiger partial charge in [-0.2, -0.15) is 26.3 Å². The van der Waals surface area contributed by atoms with E-state index in [2.05, 4.69) is 4.99 Å². The summed E-state index contributed by atoms with van der Waals surface area (Å²) in [5, 5.41) is 1.44. The van der Waals surface area contributed by atoms with Crippen LogP contribution in [0.5, 0.6) is 0 Å². The van der Waals surface area contributed by atoms with Crippen molar-refractivity contribution in [2.24, 2.45) is 16.5 Å². The summed E-state index contributed by atoms with van der Waals surface area (Å²) in [6, 6.07) is 2.85. The first-order chi connectivity index (χ1) is 16.3. The number of nitrogens with zero attached hydrogens (tertiary/aromatic N) is 2. The van der Waals surface area contributed by atoms with E-state index < -0.39 is 23.5 Å². The van der Waals surface area contributed by atoms with Crippen molar-refractivity contribution in [3.05, 3.63) is 50.6 Å². The Hall–Kier alpha value is -2.58. The van der Waals surface area contributed by atoms with E-state index in [4.69, 9.17) is 23.7 Å². The molecule has 3 rings (SSSR count). The molecule has 14 heteroatoms. The molecule has 1 amide bonds. The summed E-state index contributed by atoms with van der Waals surface area (Å²) in [6.07, 6.45) is -7.11. The van der Waals surface area contributed by atoms with E-state index in [1.807, 2.05) is 0 Å². The number of carbonyl (C=O) groups excluding carboxylic acids is 1. The third kappa shape index (κ3) is 6.98. The molecule has 0 bridgehead atoms. The number of thiocarbonyl (C=S) groups is 1. The summed E-state index contributed by atoms with van der Waals surface area (Å²) in [7, 11) is 0. The largest absolute Gasteiger partial charge is 0.416 e. The van der Waals surface area contributed by atoms with Crippen LogP contribution < -0.4 is 11.5 Å². The van der Waals surface area contributed by atoms with E-state index in [0.717, 1.165) is 23.1 Å². The molecule has 0 saturated carbocycles. The fraction of sp³-hybridized carbons (Fsp3) is 0.286. The highest BCUT2D eigenvalue weighted by Crippen LogP contribution is 2.40. The van der Waals surface area contributed by atoms with Gasteiger partial charge in [0.15, 0.2) is 5.96 Å². The lowest BCUT2D eigenvalue weighted by Gasteiger charge is -2.13. The van der Waals surface area contributed by atoms with Crippen LogP contribution in [0, 0.1) is 0 Å². The van der Waals surface area contributed by atoms with Crippen LogP contribution in [0.3, 0.4) is 0 Å². The molecular weight excluding hydrogens is 534 g/mol. The maximum atomic E-state index is 13.2. The Kier molecular flexibility index (Phi) is 8.17. The summed E-state index contributed by atoms with van der Waals surface area (Å²) in [5.74, 6) is -0.344. The molecule has 2 aromatic rings. The molecule has 1 aliphatic heterocycles. The summed E-state index contributed by atoms with van der Waals surface area (Å²) in [4.78, 5) is 18.8. The molecule has 4 N–H and O–H groups in total. The van der Waals surface area contributed by atoms with Crippen LogP contribution in [0.15, 0.2) is 39.5 Å². The molecule has 5 nitrogen and oxygen atoms in total. The summed E-state index contributed by atoms with van der Waals surface area (Å²) in [6.45, 7) is 0.776. The SMILES string of the molecule is NC(N)=NCCCCN1C(=O)C(=Cc2cc(-c3cc(C(F)(F)F)cc(C(F)(F)F)c3)cs2)SC1=S. The van der Waals surface area contributed by atoms with Crippen molar-refractivity contribution >= 4 is 57.6 Å². The predicted octanol–water partition coefficient (Wildman–Crippen LogP) is 5.71. The Labute approximate surface area is 209 Å². The van der Waals surface area contributed by atoms with Gasteiger partial charge in [0.2, 0.25) is 0 Å². The maximum absolute atomic E-state index is 13.2. The number of guanidine groups is 1. The first-order valence-electron chi connectivity index (χ1n) is 9.95. The van der Waals surface area contributed by atoms with Gasteiger partial charge in [-0.15, -0.1) is 11.3 Å². The number of hydrogen-bond donors (Lipinski definition) is 2. The number of carbonyl (C=O) groups is 1. The quantitative estimate of drug-likeness (QED) is 0.115. The average Bonchev–Trinajstić information content (AvgIpc) is 3.31. The molecule has 1 aromatic heterocycles. The van der Waals surface area contributed by atoms with Gasteiger partial charge >= 0.3 is 12.4 Å². The second kappa shape index (κ2) is 10.6. The van der Waals surface area contributed by atoms with E-state index in [1.165, 1.54) is 22.4 Å². The minimum absolute atomic E-state index is 0.0198. The molecule has 0 unspecified atom stereocenters. The Balaban J connectivity index is 1.79. The van der Waals surface area contributed by atoms with Crippen LogP contribution in [0.25, 0.3) is 17.2 Å². The number of rotatable bonds is 7. The zero-order valence-corrected chi connectivity index (χ0v) is 20.2. The van der Waals surface area contributed by atoms with Gasteiger partial charge in [-0.25, -0.2) is 0 Å². The van der Waals surface area contributed by atoms with E-state index >= 15 is 0 Å². The molecule has 35 heavy (non-hydrogen) atoms. The van der Waals surface area contributed by atoms with E-state index in [-0.39, 0.29) is 29.1 Å². The van der Waals surface area contributed by atoms with Gasteiger partial charge in [0.25, 0.3) is 5.91 Å². The Morgan fingerprint density at radius 2 is 1.63 bits per heavy atom. The Morgan fingerprint density at radius 1 is 1.00 bits per heavy atom. The highest BCUT2D eigenvalue weighted by atomic mass is 32.2. The van der Waals surface area contributed by atoms with Gasteiger partial charge in [-0.05, 0) is 59.7 Å². The van der Waals surface area contributed by atoms with Crippen molar-refractivity contribution in [3.63, 3.8) is 0 Å². The van der Waals surface area contributed by atoms with Gasteiger partial charge in [0.1, 0.15) is 4.32 Å². The zero-order chi connectivity index (χ0) is 26.0. The number of nitrogens with two attached hydrogens (primary N) is 2. The fourth-order valence-electron chi connectivity index (χ4n) is 3.11. The summed E-state index contributed by atoms with van der Waals surface area (Å²) < 4.78 is 79.3. The van der Waals surface area contributed by atoms with Crippen molar-refractivity contribution in [2.45, 2.75) is 25.2 Å². The number of aliphatic imine (C=N–C) groups is 1. The van der Waals surface area contributed by atoms with E-state index in [0.29, 0.717) is 52.2 Å². The third-order valence-corrected chi connectivity index (χ3v) is 7.03. The molecule has 0 atom stereocenters. The molecule has 1 aliphatic rings. The number of thioether (sulfide) groups is 1. The number of benzene rings is 1. The molecule has 1 aromatic carbocycles. The van der Waals surface area contributed by atoms with Crippen molar-refractivity contribution < 1.29 is 31.1 Å². The topological polar surface area (TPSA) is 84.7 Å². The van der Waals surface area contributed by atoms with Crippen molar-refractivity contribution in [3.8, 4) is 11.1 Å². The van der Waals surface area contributed by atoms with Crippen molar-refractivity contribution in [2.75, 3.05) is 13.1 Å². The van der Waals surface area contributed by atoms with Gasteiger partial charge in [0.05, 0.1) is 16.0 Å². The number of alkyl halides is 6. The van der Waals surface area contributed by atoms with Gasteiger partial charge in [-0.3, -0.25) is 14.7 Å². The number of halogens is 6. The van der Waals surface area contributed by atoms with E-state index in [1.54, 1.807) is 0 Å². The van der Waals surface area contributed by atoms with Crippen LogP contribution in [0.4, 0.5) is 26.3 Å². The first kappa shape index (κ1) is 27.0. The molecule has 0 spiro atoms. The molecule has 188 valence electrons. The smallest absolute Gasteiger partial charge is 0.370 e. The molecule has 1 saturated heterocycles. The maximum Gasteiger partial charge on any atom is 0.416 e. The normalized spacial score (nSPS) is 15.8. The first-order valence-corrected chi connectivity index (χ1v) is 12.1. The number of unbranched alkanes of at least 4 members (excludes halogenated alkanes) is 1. The lowest BCUT2D eigenvalue weighted by Crippen LogP contribution is -2.29. The second-order valence-electron chi connectivity index (χ2n) is 7.38. The van der Waals surface area contributed by atoms with Crippen molar-refractivity contribution in [1.29, 1.82) is 0 Å². The number of amides is 1. The van der Waals surface area contributed by atoms with Gasteiger partial charge in [0, 0.05) is 18.0 Å². The van der Waals surface area contributed by atoms with E-state index in [9.17, 15) is 31.1 Å². The molecule has 1 fully saturated rings. The summed E-state index contributed by atoms with van der Waals surface area (Å²) >= 11 is 7.42. The molecule has 2 heterocycles. The Bertz CT molecular complexity index is 1150. The van der Waals surface area contributed by atoms with Crippen LogP contribution in [-0.2, 0) is 17.1 Å². The third-order valence-electron chi connectivity index (χ3n) is 4.77. The molecule has 0 aliphatic carbocycles. The number of thiophene rings is 1.